The molecule has 0 fully saturated rings. The molecule has 0 radical (unpaired) electrons. The van der Waals surface area contributed by atoms with Gasteiger partial charge in [-0.3, -0.25) is 0 Å². The molecule has 0 aliphatic rings. The molecule has 0 heterocycles. The SMILES string of the molecule is CCNC(=NCc1ccc(C)cc1OCCOC)NCCCCOCCOC.I. The number of methoxy groups -OCH3 is 2. The molecule has 8 heteroatoms. The highest BCUT2D eigenvalue weighted by Crippen LogP contribution is 2.21. The molecule has 0 spiro atoms. The highest BCUT2D eigenvalue weighted by molar-refractivity contribution is 14.0. The van der Waals surface area contributed by atoms with Crippen LogP contribution < -0.4 is 15.4 Å². The van der Waals surface area contributed by atoms with E-state index in [0.29, 0.717) is 33.0 Å². The van der Waals surface area contributed by atoms with Gasteiger partial charge in [-0.1, -0.05) is 12.1 Å². The summed E-state index contributed by atoms with van der Waals surface area (Å²) in [5.41, 5.74) is 2.23. The Bertz CT molecular complexity index is 559. The lowest BCUT2D eigenvalue weighted by Crippen LogP contribution is -2.37. The summed E-state index contributed by atoms with van der Waals surface area (Å²) >= 11 is 0. The zero-order valence-corrected chi connectivity index (χ0v) is 20.6. The molecular weight excluding hydrogens is 485 g/mol. The van der Waals surface area contributed by atoms with E-state index in [2.05, 4.69) is 36.6 Å². The minimum absolute atomic E-state index is 0. The minimum atomic E-state index is 0. The van der Waals surface area contributed by atoms with Gasteiger partial charge in [0.15, 0.2) is 5.96 Å². The second-order valence-corrected chi connectivity index (χ2v) is 6.39. The van der Waals surface area contributed by atoms with E-state index in [-0.39, 0.29) is 24.0 Å². The molecule has 0 saturated carbocycles. The summed E-state index contributed by atoms with van der Waals surface area (Å²) in [6, 6.07) is 6.20. The highest BCUT2D eigenvalue weighted by atomic mass is 127. The van der Waals surface area contributed by atoms with Gasteiger partial charge in [0.25, 0.3) is 0 Å². The standard InChI is InChI=1S/C21H37N3O4.HI/c1-5-22-21(23-10-6-7-11-27-14-12-25-3)24-17-19-9-8-18(2)16-20(19)28-15-13-26-4;/h8-9,16H,5-7,10-15,17H2,1-4H3,(H2,22,23,24);1H. The second-order valence-electron chi connectivity index (χ2n) is 6.39. The first kappa shape index (κ1) is 27.9. The fraction of sp³-hybridized carbons (Fsp3) is 0.667. The van der Waals surface area contributed by atoms with Crippen molar-refractivity contribution in [1.29, 1.82) is 0 Å². The van der Waals surface area contributed by atoms with Gasteiger partial charge in [0.2, 0.25) is 0 Å². The lowest BCUT2D eigenvalue weighted by atomic mass is 10.1. The first-order chi connectivity index (χ1) is 13.7. The number of unbranched alkanes of at least 4 members (excludes halogenated alkanes) is 1. The van der Waals surface area contributed by atoms with Crippen molar-refractivity contribution in [2.24, 2.45) is 4.99 Å². The summed E-state index contributed by atoms with van der Waals surface area (Å²) in [6.07, 6.45) is 2.03. The summed E-state index contributed by atoms with van der Waals surface area (Å²) in [4.78, 5) is 4.70. The van der Waals surface area contributed by atoms with Crippen molar-refractivity contribution in [3.63, 3.8) is 0 Å². The van der Waals surface area contributed by atoms with E-state index in [9.17, 15) is 0 Å². The number of hydrogen-bond acceptors (Lipinski definition) is 5. The van der Waals surface area contributed by atoms with Crippen LogP contribution in [0.15, 0.2) is 23.2 Å². The number of hydrogen-bond donors (Lipinski definition) is 2. The molecule has 1 aromatic carbocycles. The molecule has 0 saturated heterocycles. The third kappa shape index (κ3) is 13.7. The normalized spacial score (nSPS) is 11.1. The van der Waals surface area contributed by atoms with Gasteiger partial charge < -0.3 is 29.6 Å². The summed E-state index contributed by atoms with van der Waals surface area (Å²) in [5, 5.41) is 6.66. The zero-order chi connectivity index (χ0) is 20.5. The summed E-state index contributed by atoms with van der Waals surface area (Å²) in [6.45, 7) is 9.49. The Morgan fingerprint density at radius 3 is 2.45 bits per heavy atom. The number of aliphatic imine (C=N–C) groups is 1. The number of benzene rings is 1. The van der Waals surface area contributed by atoms with Gasteiger partial charge in [-0.25, -0.2) is 4.99 Å². The quantitative estimate of drug-likeness (QED) is 0.159. The van der Waals surface area contributed by atoms with Crippen LogP contribution in [0, 0.1) is 6.92 Å². The highest BCUT2D eigenvalue weighted by Gasteiger charge is 2.05. The Labute approximate surface area is 192 Å². The molecule has 2 N–H and O–H groups in total. The average Bonchev–Trinajstić information content (AvgIpc) is 2.69. The molecule has 29 heavy (non-hydrogen) atoms. The molecule has 168 valence electrons. The van der Waals surface area contributed by atoms with Gasteiger partial charge in [0.1, 0.15) is 12.4 Å². The van der Waals surface area contributed by atoms with Crippen LogP contribution in [0.4, 0.5) is 0 Å². The van der Waals surface area contributed by atoms with E-state index in [4.69, 9.17) is 23.9 Å². The number of nitrogens with zero attached hydrogens (tertiary/aromatic N) is 1. The van der Waals surface area contributed by atoms with Crippen molar-refractivity contribution in [2.45, 2.75) is 33.2 Å². The maximum atomic E-state index is 5.85. The van der Waals surface area contributed by atoms with Crippen molar-refractivity contribution in [3.8, 4) is 5.75 Å². The Morgan fingerprint density at radius 2 is 1.72 bits per heavy atom. The minimum Gasteiger partial charge on any atom is -0.491 e. The molecular formula is C21H38IN3O4. The van der Waals surface area contributed by atoms with Crippen molar-refractivity contribution in [2.75, 3.05) is 60.3 Å². The molecule has 0 aliphatic carbocycles. The van der Waals surface area contributed by atoms with Crippen LogP contribution in [0.25, 0.3) is 0 Å². The van der Waals surface area contributed by atoms with E-state index < -0.39 is 0 Å². The molecule has 1 aromatic rings. The predicted octanol–water partition coefficient (Wildman–Crippen LogP) is 3.14. The van der Waals surface area contributed by atoms with Crippen molar-refractivity contribution in [1.82, 2.24) is 10.6 Å². The number of nitrogens with one attached hydrogen (secondary N) is 2. The number of aryl methyl sites for hydroxylation is 1. The number of guanidine groups is 1. The van der Waals surface area contributed by atoms with Crippen LogP contribution in [0.2, 0.25) is 0 Å². The molecule has 1 rings (SSSR count). The van der Waals surface area contributed by atoms with Crippen molar-refractivity contribution < 1.29 is 18.9 Å². The first-order valence-electron chi connectivity index (χ1n) is 10.0. The maximum absolute atomic E-state index is 5.85. The van der Waals surface area contributed by atoms with Gasteiger partial charge in [-0.15, -0.1) is 24.0 Å². The number of rotatable bonds is 15. The lowest BCUT2D eigenvalue weighted by molar-refractivity contribution is 0.0689. The van der Waals surface area contributed by atoms with Gasteiger partial charge in [0, 0.05) is 39.5 Å². The van der Waals surface area contributed by atoms with Crippen LogP contribution in [-0.4, -0.2) is 66.3 Å². The Balaban J connectivity index is 0.00000784. The Kier molecular flexibility index (Phi) is 18.2. The van der Waals surface area contributed by atoms with E-state index in [1.165, 1.54) is 0 Å². The predicted molar refractivity (Wildman–Crippen MR) is 129 cm³/mol. The number of ether oxygens (including phenoxy) is 4. The first-order valence-corrected chi connectivity index (χ1v) is 10.0. The van der Waals surface area contributed by atoms with Crippen LogP contribution in [0.3, 0.4) is 0 Å². The molecule has 0 bridgehead atoms. The van der Waals surface area contributed by atoms with Gasteiger partial charge >= 0.3 is 0 Å². The molecule has 0 amide bonds. The maximum Gasteiger partial charge on any atom is 0.191 e. The molecule has 7 nitrogen and oxygen atoms in total. The molecule has 0 unspecified atom stereocenters. The average molecular weight is 523 g/mol. The van der Waals surface area contributed by atoms with E-state index in [1.54, 1.807) is 14.2 Å². The van der Waals surface area contributed by atoms with Crippen molar-refractivity contribution in [3.05, 3.63) is 29.3 Å². The lowest BCUT2D eigenvalue weighted by Gasteiger charge is -2.13. The van der Waals surface area contributed by atoms with Gasteiger partial charge in [-0.05, 0) is 38.3 Å². The number of halogens is 1. The third-order valence-corrected chi connectivity index (χ3v) is 3.96. The topological polar surface area (TPSA) is 73.3 Å². The largest absolute Gasteiger partial charge is 0.491 e. The van der Waals surface area contributed by atoms with Gasteiger partial charge in [-0.2, -0.15) is 0 Å². The van der Waals surface area contributed by atoms with Crippen LogP contribution in [0.1, 0.15) is 30.9 Å². The van der Waals surface area contributed by atoms with E-state index in [0.717, 1.165) is 55.4 Å². The second kappa shape index (κ2) is 18.9. The van der Waals surface area contributed by atoms with Crippen LogP contribution in [0.5, 0.6) is 5.75 Å². The molecule has 0 aliphatic heterocycles. The summed E-state index contributed by atoms with van der Waals surface area (Å²) in [7, 11) is 3.35. The smallest absolute Gasteiger partial charge is 0.191 e. The van der Waals surface area contributed by atoms with Crippen LogP contribution in [-0.2, 0) is 20.8 Å². The zero-order valence-electron chi connectivity index (χ0n) is 18.3. The fourth-order valence-electron chi connectivity index (χ4n) is 2.45. The van der Waals surface area contributed by atoms with Gasteiger partial charge in [0.05, 0.1) is 26.4 Å². The molecule has 0 aromatic heterocycles. The fourth-order valence-corrected chi connectivity index (χ4v) is 2.45. The monoisotopic (exact) mass is 523 g/mol. The third-order valence-electron chi connectivity index (χ3n) is 3.96. The van der Waals surface area contributed by atoms with Crippen molar-refractivity contribution >= 4 is 29.9 Å². The molecule has 0 atom stereocenters. The summed E-state index contributed by atoms with van der Waals surface area (Å²) < 4.78 is 21.3. The van der Waals surface area contributed by atoms with E-state index >= 15 is 0 Å². The van der Waals surface area contributed by atoms with Crippen LogP contribution >= 0.6 is 24.0 Å². The summed E-state index contributed by atoms with van der Waals surface area (Å²) in [5.74, 6) is 1.68. The Hall–Kier alpha value is -1.10. The Morgan fingerprint density at radius 1 is 0.966 bits per heavy atom. The van der Waals surface area contributed by atoms with E-state index in [1.807, 2.05) is 6.07 Å².